The fourth-order valence-electron chi connectivity index (χ4n) is 2.29. The van der Waals surface area contributed by atoms with Crippen molar-refractivity contribution >= 4 is 11.9 Å². The van der Waals surface area contributed by atoms with Crippen LogP contribution >= 0.6 is 0 Å². The second kappa shape index (κ2) is 7.08. The van der Waals surface area contributed by atoms with E-state index < -0.39 is 11.9 Å². The lowest BCUT2D eigenvalue weighted by molar-refractivity contribution is -0.124. The summed E-state index contributed by atoms with van der Waals surface area (Å²) in [7, 11) is 0. The molecule has 0 spiro atoms. The topological polar surface area (TPSA) is 87.0 Å². The van der Waals surface area contributed by atoms with Crippen LogP contribution in [0.5, 0.6) is 11.5 Å². The molecule has 1 amide bonds. The molecule has 0 unspecified atom stereocenters. The molecule has 3 rings (SSSR count). The van der Waals surface area contributed by atoms with Crippen molar-refractivity contribution < 1.29 is 28.2 Å². The Bertz CT molecular complexity index is 725. The molecular weight excluding hydrogens is 314 g/mol. The molecule has 1 aliphatic heterocycles. The Morgan fingerprint density at radius 1 is 1.21 bits per heavy atom. The molecular formula is C17H17NO6. The molecule has 7 heteroatoms. The molecule has 7 nitrogen and oxygen atoms in total. The first kappa shape index (κ1) is 15.9. The van der Waals surface area contributed by atoms with Crippen LogP contribution in [0.2, 0.25) is 0 Å². The maximum absolute atomic E-state index is 11.9. The van der Waals surface area contributed by atoms with Gasteiger partial charge in [-0.05, 0) is 36.8 Å². The molecule has 0 saturated carbocycles. The van der Waals surface area contributed by atoms with Crippen molar-refractivity contribution in [2.24, 2.45) is 0 Å². The summed E-state index contributed by atoms with van der Waals surface area (Å²) >= 11 is 0. The molecule has 0 aliphatic carbocycles. The molecule has 1 aromatic heterocycles. The zero-order valence-corrected chi connectivity index (χ0v) is 13.1. The predicted molar refractivity (Wildman–Crippen MR) is 83.0 cm³/mol. The lowest BCUT2D eigenvalue weighted by atomic mass is 10.1. The first-order valence-electron chi connectivity index (χ1n) is 7.53. The quantitative estimate of drug-likeness (QED) is 0.844. The number of fused-ring (bicyclic) bond motifs is 1. The number of hydrogen-bond donors (Lipinski definition) is 1. The number of rotatable bonds is 5. The average Bonchev–Trinajstić information content (AvgIpc) is 3.14. The van der Waals surface area contributed by atoms with Gasteiger partial charge in [0.05, 0.1) is 12.3 Å². The smallest absolute Gasteiger partial charge is 0.374 e. The normalized spacial score (nSPS) is 13.9. The fourth-order valence-corrected chi connectivity index (χ4v) is 2.29. The molecule has 1 aliphatic rings. The second-order valence-corrected chi connectivity index (χ2v) is 5.25. The van der Waals surface area contributed by atoms with Gasteiger partial charge in [-0.15, -0.1) is 0 Å². The molecule has 2 heterocycles. The van der Waals surface area contributed by atoms with E-state index in [1.165, 1.54) is 12.3 Å². The number of ether oxygens (including phenoxy) is 3. The minimum atomic E-state index is -0.679. The van der Waals surface area contributed by atoms with Crippen LogP contribution in [-0.2, 0) is 9.53 Å². The van der Waals surface area contributed by atoms with Gasteiger partial charge in [0.1, 0.15) is 13.2 Å². The maximum Gasteiger partial charge on any atom is 0.374 e. The summed E-state index contributed by atoms with van der Waals surface area (Å²) in [5.41, 5.74) is 0.866. The first-order valence-corrected chi connectivity index (χ1v) is 7.53. The van der Waals surface area contributed by atoms with Gasteiger partial charge in [-0.3, -0.25) is 4.79 Å². The van der Waals surface area contributed by atoms with Gasteiger partial charge in [-0.1, -0.05) is 6.07 Å². The van der Waals surface area contributed by atoms with E-state index in [4.69, 9.17) is 18.6 Å². The van der Waals surface area contributed by atoms with Gasteiger partial charge >= 0.3 is 5.97 Å². The van der Waals surface area contributed by atoms with Crippen LogP contribution in [0, 0.1) is 0 Å². The van der Waals surface area contributed by atoms with Crippen molar-refractivity contribution in [3.63, 3.8) is 0 Å². The van der Waals surface area contributed by atoms with Crippen molar-refractivity contribution in [3.8, 4) is 11.5 Å². The van der Waals surface area contributed by atoms with E-state index >= 15 is 0 Å². The Kier molecular flexibility index (Phi) is 4.69. The molecule has 0 bridgehead atoms. The van der Waals surface area contributed by atoms with E-state index in [1.54, 1.807) is 6.07 Å². The first-order chi connectivity index (χ1) is 11.6. The predicted octanol–water partition coefficient (Wildman–Crippen LogP) is 2.08. The molecule has 126 valence electrons. The van der Waals surface area contributed by atoms with E-state index in [0.29, 0.717) is 24.7 Å². The number of carbonyl (C=O) groups is 2. The van der Waals surface area contributed by atoms with Crippen molar-refractivity contribution in [1.29, 1.82) is 0 Å². The van der Waals surface area contributed by atoms with Crippen LogP contribution < -0.4 is 14.8 Å². The highest BCUT2D eigenvalue weighted by atomic mass is 16.6. The summed E-state index contributed by atoms with van der Waals surface area (Å²) in [5.74, 6) is 0.321. The Balaban J connectivity index is 1.53. The number of carbonyl (C=O) groups excluding carboxylic acids is 2. The largest absolute Gasteiger partial charge is 0.486 e. The van der Waals surface area contributed by atoms with Crippen molar-refractivity contribution in [2.45, 2.75) is 13.0 Å². The lowest BCUT2D eigenvalue weighted by Gasteiger charge is -2.21. The maximum atomic E-state index is 11.9. The SMILES string of the molecule is C[C@H](NC(=O)COC(=O)c1ccco1)c1ccc2c(c1)OCCO2. The molecule has 1 atom stereocenters. The third-order valence-corrected chi connectivity index (χ3v) is 3.50. The number of amides is 1. The van der Waals surface area contributed by atoms with Gasteiger partial charge in [0.25, 0.3) is 5.91 Å². The summed E-state index contributed by atoms with van der Waals surface area (Å²) in [6.07, 6.45) is 1.36. The Morgan fingerprint density at radius 3 is 2.75 bits per heavy atom. The standard InChI is InChI=1S/C17H17NO6/c1-11(12-4-5-13-15(9-12)23-8-7-22-13)18-16(19)10-24-17(20)14-3-2-6-21-14/h2-6,9,11H,7-8,10H2,1H3,(H,18,19)/t11-/m0/s1. The van der Waals surface area contributed by atoms with Gasteiger partial charge in [0.2, 0.25) is 5.76 Å². The Morgan fingerprint density at radius 2 is 2.00 bits per heavy atom. The third-order valence-electron chi connectivity index (χ3n) is 3.50. The van der Waals surface area contributed by atoms with Crippen LogP contribution in [-0.4, -0.2) is 31.7 Å². The van der Waals surface area contributed by atoms with E-state index in [1.807, 2.05) is 25.1 Å². The monoisotopic (exact) mass is 331 g/mol. The zero-order chi connectivity index (χ0) is 16.9. The fraction of sp³-hybridized carbons (Fsp3) is 0.294. The van der Waals surface area contributed by atoms with Crippen LogP contribution in [0.25, 0.3) is 0 Å². The second-order valence-electron chi connectivity index (χ2n) is 5.25. The third kappa shape index (κ3) is 3.68. The minimum absolute atomic E-state index is 0.0580. The number of nitrogens with one attached hydrogen (secondary N) is 1. The molecule has 2 aromatic rings. The summed E-state index contributed by atoms with van der Waals surface area (Å²) in [6, 6.07) is 8.26. The van der Waals surface area contributed by atoms with Gasteiger partial charge in [-0.2, -0.15) is 0 Å². The minimum Gasteiger partial charge on any atom is -0.486 e. The van der Waals surface area contributed by atoms with E-state index in [2.05, 4.69) is 5.32 Å². The summed E-state index contributed by atoms with van der Waals surface area (Å²) in [5, 5.41) is 2.76. The highest BCUT2D eigenvalue weighted by Gasteiger charge is 2.17. The number of esters is 1. The van der Waals surface area contributed by atoms with Crippen molar-refractivity contribution in [1.82, 2.24) is 5.32 Å². The molecule has 24 heavy (non-hydrogen) atoms. The van der Waals surface area contributed by atoms with Crippen molar-refractivity contribution in [3.05, 3.63) is 47.9 Å². The van der Waals surface area contributed by atoms with Gasteiger partial charge < -0.3 is 23.9 Å². The molecule has 0 saturated heterocycles. The van der Waals surface area contributed by atoms with Crippen LogP contribution in [0.15, 0.2) is 41.0 Å². The van der Waals surface area contributed by atoms with E-state index in [9.17, 15) is 9.59 Å². The number of furan rings is 1. The highest BCUT2D eigenvalue weighted by molar-refractivity contribution is 5.88. The molecule has 1 aromatic carbocycles. The van der Waals surface area contributed by atoms with E-state index in [0.717, 1.165) is 5.56 Å². The number of benzene rings is 1. The van der Waals surface area contributed by atoms with Gasteiger partial charge in [0.15, 0.2) is 18.1 Å². The van der Waals surface area contributed by atoms with E-state index in [-0.39, 0.29) is 18.4 Å². The van der Waals surface area contributed by atoms with Crippen LogP contribution in [0.1, 0.15) is 29.1 Å². The Hall–Kier alpha value is -2.96. The molecule has 1 N–H and O–H groups in total. The average molecular weight is 331 g/mol. The van der Waals surface area contributed by atoms with Gasteiger partial charge in [0, 0.05) is 0 Å². The highest BCUT2D eigenvalue weighted by Crippen LogP contribution is 2.32. The summed E-state index contributed by atoms with van der Waals surface area (Å²) < 4.78 is 20.8. The van der Waals surface area contributed by atoms with Crippen LogP contribution in [0.3, 0.4) is 0 Å². The molecule has 0 radical (unpaired) electrons. The lowest BCUT2D eigenvalue weighted by Crippen LogP contribution is -2.31. The van der Waals surface area contributed by atoms with Gasteiger partial charge in [-0.25, -0.2) is 4.79 Å². The van der Waals surface area contributed by atoms with Crippen molar-refractivity contribution in [2.75, 3.05) is 19.8 Å². The number of hydrogen-bond acceptors (Lipinski definition) is 6. The van der Waals surface area contributed by atoms with Crippen LogP contribution in [0.4, 0.5) is 0 Å². The summed E-state index contributed by atoms with van der Waals surface area (Å²) in [4.78, 5) is 23.5. The summed E-state index contributed by atoms with van der Waals surface area (Å²) in [6.45, 7) is 2.48. The zero-order valence-electron chi connectivity index (χ0n) is 13.1. The molecule has 0 fully saturated rings. The Labute approximate surface area is 138 Å².